The Morgan fingerprint density at radius 3 is 2.65 bits per heavy atom. The van der Waals surface area contributed by atoms with Crippen molar-refractivity contribution in [1.29, 1.82) is 0 Å². The van der Waals surface area contributed by atoms with Crippen LogP contribution in [0.4, 0.5) is 5.00 Å². The van der Waals surface area contributed by atoms with E-state index >= 15 is 0 Å². The van der Waals surface area contributed by atoms with Gasteiger partial charge in [0.1, 0.15) is 5.00 Å². The molecule has 1 rings (SSSR count). The number of hydrogen-bond donors (Lipinski definition) is 2. The van der Waals surface area contributed by atoms with Crippen molar-refractivity contribution in [2.75, 3.05) is 24.4 Å². The molecular formula is C13H20N2O3S2. The topological polar surface area (TPSA) is 81.4 Å². The van der Waals surface area contributed by atoms with Crippen LogP contribution in [0.15, 0.2) is 0 Å². The van der Waals surface area contributed by atoms with Gasteiger partial charge in [-0.15, -0.1) is 11.3 Å². The molecule has 0 fully saturated rings. The molecule has 1 amide bonds. The van der Waals surface area contributed by atoms with Crippen molar-refractivity contribution in [1.82, 2.24) is 0 Å². The molecule has 0 aliphatic carbocycles. The fourth-order valence-corrected chi connectivity index (χ4v) is 3.18. The third kappa shape index (κ3) is 3.97. The van der Waals surface area contributed by atoms with Crippen molar-refractivity contribution in [2.24, 2.45) is 5.73 Å². The lowest BCUT2D eigenvalue weighted by Gasteiger charge is -2.11. The number of carbonyl (C=O) groups is 2. The van der Waals surface area contributed by atoms with Crippen molar-refractivity contribution < 1.29 is 14.3 Å². The average Bonchev–Trinajstić information content (AvgIpc) is 2.70. The molecule has 3 N–H and O–H groups in total. The van der Waals surface area contributed by atoms with Crippen LogP contribution in [0.25, 0.3) is 0 Å². The van der Waals surface area contributed by atoms with Gasteiger partial charge in [0.2, 0.25) is 5.91 Å². The van der Waals surface area contributed by atoms with E-state index in [0.29, 0.717) is 17.0 Å². The number of esters is 1. The Morgan fingerprint density at radius 1 is 1.45 bits per heavy atom. The molecule has 0 radical (unpaired) electrons. The molecule has 20 heavy (non-hydrogen) atoms. The lowest BCUT2D eigenvalue weighted by atomic mass is 10.1. The van der Waals surface area contributed by atoms with Gasteiger partial charge in [-0.3, -0.25) is 4.79 Å². The maximum absolute atomic E-state index is 12.0. The maximum Gasteiger partial charge on any atom is 0.341 e. The fourth-order valence-electron chi connectivity index (χ4n) is 1.64. The van der Waals surface area contributed by atoms with Gasteiger partial charge < -0.3 is 15.8 Å². The number of anilines is 1. The molecule has 7 heteroatoms. The van der Waals surface area contributed by atoms with Crippen LogP contribution in [-0.2, 0) is 9.53 Å². The number of methoxy groups -OCH3 is 1. The number of rotatable bonds is 6. The minimum Gasteiger partial charge on any atom is -0.465 e. The Kier molecular flexibility index (Phi) is 6.51. The number of ether oxygens (including phenoxy) is 1. The molecule has 1 aromatic heterocycles. The molecule has 0 bridgehead atoms. The number of hydrogen-bond acceptors (Lipinski definition) is 6. The summed E-state index contributed by atoms with van der Waals surface area (Å²) in [6.07, 6.45) is 2.57. The van der Waals surface area contributed by atoms with E-state index in [9.17, 15) is 9.59 Å². The zero-order valence-corrected chi connectivity index (χ0v) is 13.7. The molecule has 0 aliphatic heterocycles. The minimum absolute atomic E-state index is 0.273. The van der Waals surface area contributed by atoms with Crippen LogP contribution in [0.2, 0.25) is 0 Å². The second-order valence-corrected chi connectivity index (χ2v) is 6.57. The summed E-state index contributed by atoms with van der Waals surface area (Å²) in [4.78, 5) is 24.8. The zero-order valence-electron chi connectivity index (χ0n) is 12.1. The fraction of sp³-hybridized carbons (Fsp3) is 0.538. The van der Waals surface area contributed by atoms with Crippen LogP contribution in [0.5, 0.6) is 0 Å². The van der Waals surface area contributed by atoms with Crippen molar-refractivity contribution >= 4 is 40.0 Å². The van der Waals surface area contributed by atoms with E-state index in [2.05, 4.69) is 5.32 Å². The Labute approximate surface area is 127 Å². The smallest absolute Gasteiger partial charge is 0.341 e. The molecule has 0 unspecified atom stereocenters. The molecular weight excluding hydrogens is 296 g/mol. The van der Waals surface area contributed by atoms with E-state index in [1.54, 1.807) is 11.8 Å². The summed E-state index contributed by atoms with van der Waals surface area (Å²) >= 11 is 3.00. The van der Waals surface area contributed by atoms with Crippen molar-refractivity contribution in [3.8, 4) is 0 Å². The van der Waals surface area contributed by atoms with E-state index in [4.69, 9.17) is 10.5 Å². The number of thiophene rings is 1. The van der Waals surface area contributed by atoms with Crippen LogP contribution in [-0.4, -0.2) is 37.0 Å². The molecule has 0 saturated carbocycles. The molecule has 0 aromatic carbocycles. The first-order chi connectivity index (χ1) is 9.42. The highest BCUT2D eigenvalue weighted by Gasteiger charge is 2.23. The summed E-state index contributed by atoms with van der Waals surface area (Å²) < 4.78 is 4.76. The summed E-state index contributed by atoms with van der Waals surface area (Å²) in [5.41, 5.74) is 7.06. The summed E-state index contributed by atoms with van der Waals surface area (Å²) in [6, 6.07) is -0.573. The zero-order chi connectivity index (χ0) is 15.3. The normalized spacial score (nSPS) is 12.1. The van der Waals surface area contributed by atoms with Gasteiger partial charge in [-0.05, 0) is 37.8 Å². The third-order valence-electron chi connectivity index (χ3n) is 2.98. The summed E-state index contributed by atoms with van der Waals surface area (Å²) in [6.45, 7) is 3.73. The highest BCUT2D eigenvalue weighted by Crippen LogP contribution is 2.33. The number of thioether (sulfide) groups is 1. The van der Waals surface area contributed by atoms with E-state index in [1.165, 1.54) is 18.4 Å². The van der Waals surface area contributed by atoms with Gasteiger partial charge >= 0.3 is 5.97 Å². The van der Waals surface area contributed by atoms with Crippen molar-refractivity contribution in [3.63, 3.8) is 0 Å². The molecule has 1 heterocycles. The second-order valence-electron chi connectivity index (χ2n) is 4.36. The number of carbonyl (C=O) groups excluding carboxylic acids is 2. The third-order valence-corrected chi connectivity index (χ3v) is 4.75. The lowest BCUT2D eigenvalue weighted by molar-refractivity contribution is -0.117. The molecule has 5 nitrogen and oxygen atoms in total. The predicted octanol–water partition coefficient (Wildman–Crippen LogP) is 2.17. The van der Waals surface area contributed by atoms with E-state index < -0.39 is 12.0 Å². The second kappa shape index (κ2) is 7.66. The first-order valence-corrected chi connectivity index (χ1v) is 8.37. The lowest BCUT2D eigenvalue weighted by Crippen LogP contribution is -2.36. The van der Waals surface area contributed by atoms with E-state index in [1.807, 2.05) is 20.1 Å². The number of nitrogens with one attached hydrogen (secondary N) is 1. The van der Waals surface area contributed by atoms with Gasteiger partial charge in [0.25, 0.3) is 0 Å². The minimum atomic E-state index is -0.573. The molecule has 1 atom stereocenters. The Bertz CT molecular complexity index is 500. The number of aryl methyl sites for hydroxylation is 1. The van der Waals surface area contributed by atoms with Gasteiger partial charge in [-0.25, -0.2) is 4.79 Å². The Hall–Kier alpha value is -1.05. The van der Waals surface area contributed by atoms with Gasteiger partial charge in [0, 0.05) is 4.88 Å². The van der Waals surface area contributed by atoms with Crippen LogP contribution >= 0.6 is 23.1 Å². The monoisotopic (exact) mass is 316 g/mol. The van der Waals surface area contributed by atoms with Crippen LogP contribution < -0.4 is 11.1 Å². The largest absolute Gasteiger partial charge is 0.465 e. The predicted molar refractivity (Wildman–Crippen MR) is 84.7 cm³/mol. The van der Waals surface area contributed by atoms with Crippen LogP contribution in [0.3, 0.4) is 0 Å². The van der Waals surface area contributed by atoms with Gasteiger partial charge in [-0.1, -0.05) is 0 Å². The van der Waals surface area contributed by atoms with E-state index in [0.717, 1.165) is 16.2 Å². The summed E-state index contributed by atoms with van der Waals surface area (Å²) in [5, 5.41) is 3.25. The standard InChI is InChI=1S/C13H20N2O3S2/c1-7-8(2)20-12(10(7)13(17)18-3)15-11(16)9(14)5-6-19-4/h9H,5-6,14H2,1-4H3,(H,15,16)/t9-/m1/s1. The molecule has 112 valence electrons. The summed E-state index contributed by atoms with van der Waals surface area (Å²) in [7, 11) is 1.32. The summed E-state index contributed by atoms with van der Waals surface area (Å²) in [5.74, 6) is 0.103. The van der Waals surface area contributed by atoms with Crippen LogP contribution in [0.1, 0.15) is 27.2 Å². The Morgan fingerprint density at radius 2 is 2.10 bits per heavy atom. The van der Waals surface area contributed by atoms with E-state index in [-0.39, 0.29) is 5.91 Å². The SMILES string of the molecule is COC(=O)c1c(NC(=O)[C@H](N)CCSC)sc(C)c1C. The Balaban J connectivity index is 2.89. The number of nitrogens with two attached hydrogens (primary N) is 1. The molecule has 0 spiro atoms. The maximum atomic E-state index is 12.0. The van der Waals surface area contributed by atoms with Gasteiger partial charge in [0.05, 0.1) is 18.7 Å². The highest BCUT2D eigenvalue weighted by atomic mass is 32.2. The average molecular weight is 316 g/mol. The first-order valence-electron chi connectivity index (χ1n) is 6.16. The first kappa shape index (κ1) is 17.0. The van der Waals surface area contributed by atoms with Crippen LogP contribution in [0, 0.1) is 13.8 Å². The number of amides is 1. The van der Waals surface area contributed by atoms with Gasteiger partial charge in [0.15, 0.2) is 0 Å². The highest BCUT2D eigenvalue weighted by molar-refractivity contribution is 7.98. The molecule has 0 aliphatic rings. The van der Waals surface area contributed by atoms with Gasteiger partial charge in [-0.2, -0.15) is 11.8 Å². The quantitative estimate of drug-likeness (QED) is 0.786. The van der Waals surface area contributed by atoms with Crippen molar-refractivity contribution in [2.45, 2.75) is 26.3 Å². The molecule has 0 saturated heterocycles. The van der Waals surface area contributed by atoms with Crippen molar-refractivity contribution in [3.05, 3.63) is 16.0 Å². The molecule has 1 aromatic rings.